The summed E-state index contributed by atoms with van der Waals surface area (Å²) in [5, 5.41) is 4.48. The lowest BCUT2D eigenvalue weighted by Crippen LogP contribution is -2.43. The lowest BCUT2D eigenvalue weighted by atomic mass is 9.65. The highest BCUT2D eigenvalue weighted by atomic mass is 16.6. The van der Waals surface area contributed by atoms with Gasteiger partial charge in [0.05, 0.1) is 17.9 Å². The first-order valence-electron chi connectivity index (χ1n) is 15.2. The van der Waals surface area contributed by atoms with E-state index < -0.39 is 67.6 Å². The minimum atomic E-state index is -2.61. The number of cyclic esters (lactones) is 1. The number of hydrogen-bond donors (Lipinski definition) is 1. The normalized spacial score (nSPS) is 45.0. The van der Waals surface area contributed by atoms with Gasteiger partial charge in [-0.25, -0.2) is 0 Å². The number of aliphatic hydroxyl groups is 1. The maximum Gasteiger partial charge on any atom is 0.311 e. The van der Waals surface area contributed by atoms with Crippen LogP contribution in [0.3, 0.4) is 0 Å². The molecule has 1 N–H and O–H groups in total. The third kappa shape index (κ3) is 5.16. The van der Waals surface area contributed by atoms with Crippen molar-refractivity contribution >= 4 is 11.9 Å². The van der Waals surface area contributed by atoms with Crippen LogP contribution in [0.1, 0.15) is 83.9 Å². The molecule has 5 heteroatoms. The fourth-order valence-electron chi connectivity index (χ4n) is 4.64. The molecule has 3 aliphatic rings. The zero-order valence-electron chi connectivity index (χ0n) is 26.9. The second kappa shape index (κ2) is 9.25. The summed E-state index contributed by atoms with van der Waals surface area (Å²) in [5.41, 5.74) is -1.05. The molecule has 1 heterocycles. The molecule has 8 atom stereocenters. The topological polar surface area (TPSA) is 72.8 Å². The summed E-state index contributed by atoms with van der Waals surface area (Å²) in [7, 11) is 0. The van der Waals surface area contributed by atoms with Crippen LogP contribution in [-0.2, 0) is 19.1 Å². The van der Waals surface area contributed by atoms with Crippen molar-refractivity contribution in [1.82, 2.24) is 0 Å². The number of allylic oxidation sites excluding steroid dienone is 3. The van der Waals surface area contributed by atoms with Crippen LogP contribution in [0.4, 0.5) is 0 Å². The molecule has 0 spiro atoms. The lowest BCUT2D eigenvalue weighted by Gasteiger charge is -2.44. The monoisotopic (exact) mass is 427 g/mol. The number of aliphatic hydroxyl groups excluding tert-OH is 1. The van der Waals surface area contributed by atoms with Crippen LogP contribution in [-0.4, -0.2) is 36.8 Å². The molecule has 1 aliphatic heterocycles. The van der Waals surface area contributed by atoms with Gasteiger partial charge in [-0.2, -0.15) is 0 Å². The van der Waals surface area contributed by atoms with Crippen molar-refractivity contribution in [3.63, 3.8) is 0 Å². The second-order valence-electron chi connectivity index (χ2n) is 9.02. The predicted molar refractivity (Wildman–Crippen MR) is 115 cm³/mol. The molecule has 0 amide bonds. The van der Waals surface area contributed by atoms with Crippen LogP contribution in [0.15, 0.2) is 23.8 Å². The van der Waals surface area contributed by atoms with Gasteiger partial charge in [-0.05, 0) is 62.8 Å². The molecule has 2 aliphatic carbocycles. The van der Waals surface area contributed by atoms with Crippen LogP contribution in [0.2, 0.25) is 0 Å². The van der Waals surface area contributed by atoms with Crippen molar-refractivity contribution in [2.24, 2.45) is 29.1 Å². The van der Waals surface area contributed by atoms with E-state index in [1.54, 1.807) is 13.0 Å². The summed E-state index contributed by atoms with van der Waals surface area (Å²) < 4.78 is 81.8. The van der Waals surface area contributed by atoms with Gasteiger partial charge in [0.1, 0.15) is 12.2 Å². The van der Waals surface area contributed by atoms with Crippen molar-refractivity contribution < 1.29 is 35.1 Å². The number of carbonyl (C=O) groups excluding carboxylic acids is 2. The van der Waals surface area contributed by atoms with E-state index in [1.807, 2.05) is 19.1 Å². The Hall–Kier alpha value is -1.62. The SMILES string of the molecule is [2H]O[C@@H]1CC(CC[C@@H]2[C@@H]3C(=C[C@H](C([2H])([2H])[2H])C[C@@H]3OC(=O)C(C)(CC)C([2H])([2H])[2H])C=C[C@@H]2C)OC(=O)C1([2H])[2H]. The van der Waals surface area contributed by atoms with Crippen molar-refractivity contribution in [3.05, 3.63) is 23.8 Å². The molecule has 0 aromatic carbocycles. The molecule has 0 radical (unpaired) electrons. The van der Waals surface area contributed by atoms with E-state index in [2.05, 4.69) is 5.11 Å². The Morgan fingerprint density at radius 1 is 1.47 bits per heavy atom. The summed E-state index contributed by atoms with van der Waals surface area (Å²) in [6, 6.07) is 0. The molecule has 1 saturated heterocycles. The number of hydrogen-bond acceptors (Lipinski definition) is 5. The van der Waals surface area contributed by atoms with Gasteiger partial charge in [-0.1, -0.05) is 38.9 Å². The summed E-state index contributed by atoms with van der Waals surface area (Å²) >= 11 is 0. The van der Waals surface area contributed by atoms with Gasteiger partial charge in [0.15, 0.2) is 0 Å². The van der Waals surface area contributed by atoms with Crippen molar-refractivity contribution in [2.45, 2.75) is 91.3 Å². The van der Waals surface area contributed by atoms with Crippen LogP contribution in [0, 0.1) is 29.1 Å². The average Bonchev–Trinajstić information content (AvgIpc) is 2.83. The molecule has 2 unspecified atom stereocenters. The highest BCUT2D eigenvalue weighted by molar-refractivity contribution is 5.76. The maximum absolute atomic E-state index is 13.3. The van der Waals surface area contributed by atoms with Gasteiger partial charge >= 0.3 is 11.9 Å². The number of ether oxygens (including phenoxy) is 2. The third-order valence-corrected chi connectivity index (χ3v) is 6.66. The van der Waals surface area contributed by atoms with Crippen LogP contribution >= 0.6 is 0 Å². The largest absolute Gasteiger partial charge is 0.462 e. The van der Waals surface area contributed by atoms with Crippen LogP contribution in [0.25, 0.3) is 0 Å². The molecule has 0 aromatic rings. The number of rotatable bonds is 7. The summed E-state index contributed by atoms with van der Waals surface area (Å²) in [6.45, 7) is -0.0346. The lowest BCUT2D eigenvalue weighted by molar-refractivity contribution is -0.166. The Balaban J connectivity index is 1.89. The molecular formula is C25H38O5. The van der Waals surface area contributed by atoms with Crippen molar-refractivity contribution in [3.8, 4) is 0 Å². The van der Waals surface area contributed by atoms with Gasteiger partial charge in [0, 0.05) is 23.3 Å². The standard InChI is InChI=1S/C25H38O5/c1-6-25(4,5)24(28)30-21-12-15(2)11-17-8-7-16(3)20(23(17)21)10-9-19-13-18(26)14-22(27)29-19/h7-8,11,15-16,18-21,23,26H,6,9-10,12-14H2,1-5H3/t15-,16-,18+,19?,20-,21-,23-/m0/s1/i2D3,4D3,14D2,26D/t15-,16-,18+,19?,20-,21-,23-,25?. The molecular weight excluding hydrogens is 380 g/mol. The Labute approximate surface area is 193 Å². The zero-order chi connectivity index (χ0) is 29.6. The van der Waals surface area contributed by atoms with E-state index in [9.17, 15) is 9.59 Å². The van der Waals surface area contributed by atoms with Crippen LogP contribution < -0.4 is 0 Å². The molecule has 0 bridgehead atoms. The van der Waals surface area contributed by atoms with Gasteiger partial charge in [0.25, 0.3) is 0 Å². The molecule has 30 heavy (non-hydrogen) atoms. The Bertz CT molecular complexity index is 989. The Morgan fingerprint density at radius 3 is 3.00 bits per heavy atom. The highest BCUT2D eigenvalue weighted by Gasteiger charge is 2.43. The fraction of sp³-hybridized carbons (Fsp3) is 0.760. The molecule has 0 aromatic heterocycles. The van der Waals surface area contributed by atoms with Gasteiger partial charge in [-0.3, -0.25) is 9.59 Å². The second-order valence-corrected chi connectivity index (χ2v) is 9.02. The van der Waals surface area contributed by atoms with E-state index in [1.165, 1.54) is 6.92 Å². The van der Waals surface area contributed by atoms with Gasteiger partial charge < -0.3 is 14.6 Å². The number of carbonyl (C=O) groups is 2. The predicted octanol–water partition coefficient (Wildman–Crippen LogP) is 4.59. The summed E-state index contributed by atoms with van der Waals surface area (Å²) in [6.07, 6.45) is 1.09. The zero-order valence-corrected chi connectivity index (χ0v) is 17.9. The first-order chi connectivity index (χ1) is 17.9. The van der Waals surface area contributed by atoms with E-state index in [-0.39, 0.29) is 31.1 Å². The summed E-state index contributed by atoms with van der Waals surface area (Å²) in [4.78, 5) is 25.5. The van der Waals surface area contributed by atoms with E-state index in [0.717, 1.165) is 0 Å². The van der Waals surface area contributed by atoms with E-state index >= 15 is 0 Å². The molecule has 168 valence electrons. The average molecular weight is 428 g/mol. The summed E-state index contributed by atoms with van der Waals surface area (Å²) in [5.74, 6) is -3.43. The van der Waals surface area contributed by atoms with Crippen molar-refractivity contribution in [2.75, 3.05) is 0 Å². The Kier molecular flexibility index (Phi) is 4.23. The molecule has 5 nitrogen and oxygen atoms in total. The highest BCUT2D eigenvalue weighted by Crippen LogP contribution is 2.45. The quantitative estimate of drug-likeness (QED) is 0.602. The molecule has 1 fully saturated rings. The molecule has 0 saturated carbocycles. The van der Waals surface area contributed by atoms with Crippen molar-refractivity contribution in [1.29, 1.82) is 1.43 Å². The molecule has 3 rings (SSSR count). The maximum atomic E-state index is 13.3. The minimum absolute atomic E-state index is 0.0134. The van der Waals surface area contributed by atoms with E-state index in [4.69, 9.17) is 21.9 Å². The van der Waals surface area contributed by atoms with E-state index in [0.29, 0.717) is 18.4 Å². The van der Waals surface area contributed by atoms with Gasteiger partial charge in [0.2, 0.25) is 1.43 Å². The smallest absolute Gasteiger partial charge is 0.311 e. The van der Waals surface area contributed by atoms with Crippen LogP contribution in [0.5, 0.6) is 0 Å². The fourth-order valence-corrected chi connectivity index (χ4v) is 4.64. The first kappa shape index (κ1) is 13.7. The number of fused-ring (bicyclic) bond motifs is 1. The number of esters is 2. The van der Waals surface area contributed by atoms with Gasteiger partial charge in [-0.15, -0.1) is 0 Å². The first-order valence-corrected chi connectivity index (χ1v) is 10.8. The minimum Gasteiger partial charge on any atom is -0.462 e. The Morgan fingerprint density at radius 2 is 2.30 bits per heavy atom. The third-order valence-electron chi connectivity index (χ3n) is 6.66.